The molecule has 2 aromatic carbocycles. The molecule has 5 atom stereocenters. The number of carbonyl (C=O) groups is 2. The summed E-state index contributed by atoms with van der Waals surface area (Å²) in [4.78, 5) is 34.2. The summed E-state index contributed by atoms with van der Waals surface area (Å²) >= 11 is 0. The molecule has 0 radical (unpaired) electrons. The van der Waals surface area contributed by atoms with Gasteiger partial charge in [0.05, 0.1) is 36.8 Å². The van der Waals surface area contributed by atoms with Crippen LogP contribution in [0.4, 0.5) is 0 Å². The first-order valence-corrected chi connectivity index (χ1v) is 15.3. The monoisotopic (exact) mass is 586 g/mol. The molecule has 5 aliphatic rings. The largest absolute Gasteiger partial charge is 0.493 e. The van der Waals surface area contributed by atoms with E-state index in [-0.39, 0.29) is 36.2 Å². The van der Waals surface area contributed by atoms with Crippen LogP contribution in [0.1, 0.15) is 98.9 Å². The number of nitrogens with zero attached hydrogens (tertiary/aromatic N) is 2. The van der Waals surface area contributed by atoms with Crippen molar-refractivity contribution < 1.29 is 24.2 Å². The highest BCUT2D eigenvalue weighted by molar-refractivity contribution is 6.00. The summed E-state index contributed by atoms with van der Waals surface area (Å²) in [7, 11) is 0. The number of aliphatic hydroxyl groups is 1. The van der Waals surface area contributed by atoms with E-state index in [0.29, 0.717) is 50.0 Å². The third-order valence-electron chi connectivity index (χ3n) is 9.58. The van der Waals surface area contributed by atoms with Crippen LogP contribution in [-0.4, -0.2) is 51.6 Å². The number of amides is 2. The van der Waals surface area contributed by atoms with E-state index in [4.69, 9.17) is 20.2 Å². The fourth-order valence-corrected chi connectivity index (χ4v) is 7.25. The lowest BCUT2D eigenvalue weighted by molar-refractivity contribution is -0.132. The molecule has 0 saturated carbocycles. The Morgan fingerprint density at radius 2 is 1.93 bits per heavy atom. The van der Waals surface area contributed by atoms with Gasteiger partial charge < -0.3 is 25.6 Å². The van der Waals surface area contributed by atoms with Crippen LogP contribution < -0.4 is 20.5 Å². The molecule has 0 spiro atoms. The summed E-state index contributed by atoms with van der Waals surface area (Å²) in [5.41, 5.74) is 9.22. The van der Waals surface area contributed by atoms with Gasteiger partial charge in [0.25, 0.3) is 5.91 Å². The smallest absolute Gasteiger partial charge is 0.251 e. The predicted molar refractivity (Wildman–Crippen MR) is 164 cm³/mol. The van der Waals surface area contributed by atoms with Gasteiger partial charge in [-0.2, -0.15) is 0 Å². The molecule has 4 N–H and O–H groups in total. The number of hydrogen-bond donors (Lipinski definition) is 3. The van der Waals surface area contributed by atoms with E-state index < -0.39 is 23.3 Å². The van der Waals surface area contributed by atoms with Crippen LogP contribution in [0.25, 0.3) is 0 Å². The minimum Gasteiger partial charge on any atom is -0.493 e. The zero-order chi connectivity index (χ0) is 30.7. The van der Waals surface area contributed by atoms with Crippen LogP contribution in [0.5, 0.6) is 11.5 Å². The summed E-state index contributed by atoms with van der Waals surface area (Å²) in [5.74, 6) is 0.856. The van der Waals surface area contributed by atoms with Crippen molar-refractivity contribution in [2.45, 2.75) is 95.5 Å². The molecular weight excluding hydrogens is 544 g/mol. The van der Waals surface area contributed by atoms with Crippen LogP contribution >= 0.6 is 0 Å². The molecule has 228 valence electrons. The van der Waals surface area contributed by atoms with Crippen molar-refractivity contribution in [3.05, 3.63) is 70.8 Å². The van der Waals surface area contributed by atoms with E-state index in [1.165, 1.54) is 0 Å². The molecule has 6 bridgehead atoms. The first kappa shape index (κ1) is 29.2. The number of aliphatic hydroxyl groups excluding tert-OH is 1. The van der Waals surface area contributed by atoms with E-state index in [0.717, 1.165) is 28.0 Å². The van der Waals surface area contributed by atoms with Gasteiger partial charge in [0, 0.05) is 35.4 Å². The van der Waals surface area contributed by atoms with Crippen LogP contribution in [0.2, 0.25) is 0 Å². The van der Waals surface area contributed by atoms with E-state index in [9.17, 15) is 14.7 Å². The number of carbonyl (C=O) groups excluding carboxylic acids is 2. The van der Waals surface area contributed by atoms with Gasteiger partial charge in [-0.15, -0.1) is 0 Å². The first-order chi connectivity index (χ1) is 20.4. The van der Waals surface area contributed by atoms with Crippen LogP contribution in [0.15, 0.2) is 53.5 Å². The molecular formula is C34H42N4O5. The van der Waals surface area contributed by atoms with Crippen LogP contribution in [-0.2, 0) is 11.2 Å². The first-order valence-electron chi connectivity index (χ1n) is 15.3. The van der Waals surface area contributed by atoms with Crippen LogP contribution in [0, 0.1) is 5.92 Å². The number of nitrogens with two attached hydrogens (primary N) is 1. The molecule has 2 unspecified atom stereocenters. The minimum absolute atomic E-state index is 0.122. The number of fused-ring (bicyclic) bond motifs is 5. The Hall–Kier alpha value is -3.85. The second-order valence-corrected chi connectivity index (χ2v) is 13.3. The summed E-state index contributed by atoms with van der Waals surface area (Å²) in [6, 6.07) is 10.6. The Bertz CT molecular complexity index is 1520. The van der Waals surface area contributed by atoms with Gasteiger partial charge in [-0.1, -0.05) is 25.1 Å². The number of guanidine groups is 1. The third kappa shape index (κ3) is 5.39. The fourth-order valence-electron chi connectivity index (χ4n) is 7.25. The molecule has 2 amide bonds. The van der Waals surface area contributed by atoms with Crippen molar-refractivity contribution in [2.75, 3.05) is 6.61 Å². The maximum Gasteiger partial charge on any atom is 0.251 e. The number of hydrogen-bond acceptors (Lipinski definition) is 7. The minimum atomic E-state index is -0.760. The molecule has 0 fully saturated rings. The SMILES string of the molecule is C=C(C)C1C[C@]2(CC)CC(=O)N(C(N)=N2)[C@@H]2CCOc3ccc(cc32)C(=O)N[C@H]2CC(C)(C)Oc3ccc(cc32)CC1O. The number of rotatable bonds is 2. The second-order valence-electron chi connectivity index (χ2n) is 13.3. The van der Waals surface area contributed by atoms with E-state index >= 15 is 0 Å². The number of nitrogens with one attached hydrogen (secondary N) is 1. The Morgan fingerprint density at radius 3 is 2.65 bits per heavy atom. The Kier molecular flexibility index (Phi) is 7.27. The van der Waals surface area contributed by atoms with Gasteiger partial charge >= 0.3 is 0 Å². The Balaban J connectivity index is 1.50. The Morgan fingerprint density at radius 1 is 1.16 bits per heavy atom. The normalized spacial score (nSPS) is 29.8. The standard InChI is InChI=1S/C34H42N4O5/c1-6-34-16-24(19(2)3)27(39)14-20-7-9-29-22(13-20)25(17-33(4,5)43-29)36-31(41)21-8-10-28-23(15-21)26(11-12-42-28)38(30(40)18-34)32(35)37-34/h7-10,13,15,24-27,39H,2,6,11-12,14,16-18H2,1,3-5H3,(H2,35,37)(H,36,41)/t24?,25-,26+,27?,34+/m0/s1. The average molecular weight is 587 g/mol. The second kappa shape index (κ2) is 10.7. The molecule has 5 heterocycles. The van der Waals surface area contributed by atoms with Crippen molar-refractivity contribution in [3.63, 3.8) is 0 Å². The molecule has 0 aromatic heterocycles. The van der Waals surface area contributed by atoms with Gasteiger partial charge in [-0.3, -0.25) is 14.5 Å². The highest BCUT2D eigenvalue weighted by Crippen LogP contribution is 2.44. The lowest BCUT2D eigenvalue weighted by atomic mass is 9.76. The van der Waals surface area contributed by atoms with Crippen LogP contribution in [0.3, 0.4) is 0 Å². The molecule has 2 aromatic rings. The Labute approximate surface area is 253 Å². The fraction of sp³-hybridized carbons (Fsp3) is 0.500. The summed E-state index contributed by atoms with van der Waals surface area (Å²) < 4.78 is 12.2. The zero-order valence-electron chi connectivity index (χ0n) is 25.5. The van der Waals surface area contributed by atoms with Gasteiger partial charge in [-0.25, -0.2) is 4.99 Å². The highest BCUT2D eigenvalue weighted by Gasteiger charge is 2.45. The van der Waals surface area contributed by atoms with Crippen molar-refractivity contribution in [1.29, 1.82) is 0 Å². The maximum absolute atomic E-state index is 13.9. The topological polar surface area (TPSA) is 126 Å². The molecule has 5 aliphatic heterocycles. The van der Waals surface area contributed by atoms with E-state index in [1.54, 1.807) is 17.0 Å². The number of ether oxygens (including phenoxy) is 2. The van der Waals surface area contributed by atoms with Gasteiger partial charge in [0.15, 0.2) is 5.96 Å². The molecule has 9 heteroatoms. The van der Waals surface area contributed by atoms with Gasteiger partial charge in [0.1, 0.15) is 17.1 Å². The van der Waals surface area contributed by atoms with E-state index in [1.807, 2.05) is 52.0 Å². The number of benzene rings is 2. The van der Waals surface area contributed by atoms with E-state index in [2.05, 4.69) is 11.9 Å². The molecule has 9 nitrogen and oxygen atoms in total. The van der Waals surface area contributed by atoms with Crippen molar-refractivity contribution in [3.8, 4) is 11.5 Å². The summed E-state index contributed by atoms with van der Waals surface area (Å²) in [5, 5.41) is 14.8. The van der Waals surface area contributed by atoms with Crippen molar-refractivity contribution in [2.24, 2.45) is 16.6 Å². The molecule has 7 rings (SSSR count). The number of aliphatic imine (C=N–C) groups is 1. The van der Waals surface area contributed by atoms with Crippen molar-refractivity contribution >= 4 is 17.8 Å². The van der Waals surface area contributed by atoms with Gasteiger partial charge in [0.2, 0.25) is 5.91 Å². The molecule has 0 aliphatic carbocycles. The zero-order valence-corrected chi connectivity index (χ0v) is 25.5. The van der Waals surface area contributed by atoms with Crippen molar-refractivity contribution in [1.82, 2.24) is 10.2 Å². The average Bonchev–Trinajstić information content (AvgIpc) is 2.94. The quantitative estimate of drug-likeness (QED) is 0.437. The lowest BCUT2D eigenvalue weighted by Crippen LogP contribution is -2.54. The molecule has 43 heavy (non-hydrogen) atoms. The molecule has 0 saturated heterocycles. The predicted octanol–water partition coefficient (Wildman–Crippen LogP) is 4.74. The summed E-state index contributed by atoms with van der Waals surface area (Å²) in [6.07, 6.45) is 1.94. The lowest BCUT2D eigenvalue weighted by Gasteiger charge is -2.43. The van der Waals surface area contributed by atoms with Gasteiger partial charge in [-0.05, 0) is 75.9 Å². The maximum atomic E-state index is 13.9. The summed E-state index contributed by atoms with van der Waals surface area (Å²) in [6.45, 7) is 12.6. The third-order valence-corrected chi connectivity index (χ3v) is 9.58. The highest BCUT2D eigenvalue weighted by atomic mass is 16.5.